The Bertz CT molecular complexity index is 178. The van der Waals surface area contributed by atoms with Gasteiger partial charge in [0.15, 0.2) is 6.10 Å². The molecule has 0 saturated carbocycles. The van der Waals surface area contributed by atoms with Gasteiger partial charge in [0.25, 0.3) is 0 Å². The molecule has 2 atom stereocenters. The molecule has 0 bridgehead atoms. The first kappa shape index (κ1) is 10.3. The third kappa shape index (κ3) is 3.22. The van der Waals surface area contributed by atoms with E-state index in [0.29, 0.717) is 19.1 Å². The van der Waals surface area contributed by atoms with Crippen LogP contribution in [0.3, 0.4) is 0 Å². The fourth-order valence-electron chi connectivity index (χ4n) is 0.899. The van der Waals surface area contributed by atoms with Gasteiger partial charge >= 0.3 is 6.16 Å². The molecule has 0 aliphatic carbocycles. The first-order valence-electron chi connectivity index (χ1n) is 4.54. The van der Waals surface area contributed by atoms with E-state index in [1.54, 1.807) is 0 Å². The molecule has 0 aromatic heterocycles. The molecule has 1 aliphatic heterocycles. The maximum Gasteiger partial charge on any atom is 0.508 e. The van der Waals surface area contributed by atoms with Crippen molar-refractivity contribution in [2.75, 3.05) is 13.2 Å². The summed E-state index contributed by atoms with van der Waals surface area (Å²) in [6, 6.07) is 0. The number of hydrogen-bond donors (Lipinski definition) is 0. The van der Waals surface area contributed by atoms with Gasteiger partial charge in [0.1, 0.15) is 6.61 Å². The molecular weight excluding hydrogens is 172 g/mol. The number of cyclic esters (lactones) is 2. The lowest BCUT2D eigenvalue weighted by molar-refractivity contribution is -0.0114. The Kier molecular flexibility index (Phi) is 3.54. The molecule has 0 aromatic carbocycles. The average Bonchev–Trinajstić information content (AvgIpc) is 2.47. The molecule has 76 valence electrons. The van der Waals surface area contributed by atoms with E-state index in [2.05, 4.69) is 18.6 Å². The van der Waals surface area contributed by atoms with Crippen molar-refractivity contribution >= 4 is 6.16 Å². The molecule has 1 heterocycles. The van der Waals surface area contributed by atoms with E-state index >= 15 is 0 Å². The summed E-state index contributed by atoms with van der Waals surface area (Å²) in [5.74, 6) is 0.470. The number of carbonyl (C=O) groups excluding carboxylic acids is 1. The zero-order valence-corrected chi connectivity index (χ0v) is 8.28. The van der Waals surface area contributed by atoms with E-state index in [1.165, 1.54) is 0 Å². The molecule has 2 unspecified atom stereocenters. The third-order valence-electron chi connectivity index (χ3n) is 2.13. The zero-order chi connectivity index (χ0) is 9.84. The summed E-state index contributed by atoms with van der Waals surface area (Å²) >= 11 is 0. The summed E-state index contributed by atoms with van der Waals surface area (Å²) in [6.45, 7) is 6.90. The van der Waals surface area contributed by atoms with Crippen LogP contribution in [0.15, 0.2) is 0 Å². The Morgan fingerprint density at radius 3 is 2.69 bits per heavy atom. The molecule has 0 aromatic rings. The Balaban J connectivity index is 2.16. The highest BCUT2D eigenvalue weighted by atomic mass is 16.8. The third-order valence-corrected chi connectivity index (χ3v) is 2.13. The van der Waals surface area contributed by atoms with Gasteiger partial charge in [-0.3, -0.25) is 0 Å². The lowest BCUT2D eigenvalue weighted by atomic mass is 10.1. The number of hydrogen-bond acceptors (Lipinski definition) is 4. The molecule has 4 nitrogen and oxygen atoms in total. The first-order valence-corrected chi connectivity index (χ1v) is 4.54. The van der Waals surface area contributed by atoms with Gasteiger partial charge in [-0.1, -0.05) is 13.8 Å². The molecular formula is C9H16O4. The van der Waals surface area contributed by atoms with Gasteiger partial charge in [0, 0.05) is 0 Å². The predicted octanol–water partition coefficient (Wildman–Crippen LogP) is 1.58. The Labute approximate surface area is 78.2 Å². The van der Waals surface area contributed by atoms with Crippen molar-refractivity contribution in [2.24, 2.45) is 5.92 Å². The second-order valence-electron chi connectivity index (χ2n) is 3.58. The predicted molar refractivity (Wildman–Crippen MR) is 46.5 cm³/mol. The van der Waals surface area contributed by atoms with E-state index in [9.17, 15) is 4.79 Å². The summed E-state index contributed by atoms with van der Waals surface area (Å²) in [5.41, 5.74) is 0. The van der Waals surface area contributed by atoms with Crippen molar-refractivity contribution in [1.29, 1.82) is 0 Å². The van der Waals surface area contributed by atoms with Crippen LogP contribution in [0.2, 0.25) is 0 Å². The number of rotatable bonds is 4. The van der Waals surface area contributed by atoms with Gasteiger partial charge in [0.2, 0.25) is 0 Å². The van der Waals surface area contributed by atoms with Gasteiger partial charge in [-0.05, 0) is 12.8 Å². The van der Waals surface area contributed by atoms with E-state index < -0.39 is 6.16 Å². The summed E-state index contributed by atoms with van der Waals surface area (Å²) in [4.78, 5) is 10.5. The monoisotopic (exact) mass is 188 g/mol. The van der Waals surface area contributed by atoms with Crippen LogP contribution in [-0.4, -0.2) is 31.6 Å². The highest BCUT2D eigenvalue weighted by molar-refractivity contribution is 5.61. The Morgan fingerprint density at radius 1 is 1.54 bits per heavy atom. The first-order chi connectivity index (χ1) is 6.09. The van der Waals surface area contributed by atoms with E-state index in [-0.39, 0.29) is 12.2 Å². The highest BCUT2D eigenvalue weighted by Crippen LogP contribution is 2.10. The molecule has 1 aliphatic rings. The maximum absolute atomic E-state index is 10.5. The summed E-state index contributed by atoms with van der Waals surface area (Å²) in [6.07, 6.45) is -0.640. The average molecular weight is 188 g/mol. The topological polar surface area (TPSA) is 44.8 Å². The van der Waals surface area contributed by atoms with Gasteiger partial charge in [0.05, 0.1) is 12.7 Å². The van der Waals surface area contributed by atoms with Gasteiger partial charge < -0.3 is 14.2 Å². The molecule has 4 heteroatoms. The van der Waals surface area contributed by atoms with Gasteiger partial charge in [-0.2, -0.15) is 0 Å². The van der Waals surface area contributed by atoms with Crippen LogP contribution in [0.25, 0.3) is 0 Å². The second kappa shape index (κ2) is 4.46. The molecule has 13 heavy (non-hydrogen) atoms. The highest BCUT2D eigenvalue weighted by Gasteiger charge is 2.25. The largest absolute Gasteiger partial charge is 0.508 e. The van der Waals surface area contributed by atoms with Crippen molar-refractivity contribution in [3.63, 3.8) is 0 Å². The van der Waals surface area contributed by atoms with Crippen LogP contribution in [0.1, 0.15) is 20.8 Å². The Hall–Kier alpha value is -0.770. The quantitative estimate of drug-likeness (QED) is 0.628. The summed E-state index contributed by atoms with van der Waals surface area (Å²) in [5, 5.41) is 0. The fraction of sp³-hybridized carbons (Fsp3) is 0.889. The second-order valence-corrected chi connectivity index (χ2v) is 3.58. The maximum atomic E-state index is 10.5. The normalized spacial score (nSPS) is 24.3. The minimum atomic E-state index is -0.592. The van der Waals surface area contributed by atoms with E-state index in [1.807, 2.05) is 6.92 Å². The lowest BCUT2D eigenvalue weighted by Gasteiger charge is -2.17. The molecule has 0 radical (unpaired) electrons. The smallest absolute Gasteiger partial charge is 0.430 e. The van der Waals surface area contributed by atoms with E-state index in [4.69, 9.17) is 9.47 Å². The van der Waals surface area contributed by atoms with Crippen LogP contribution >= 0.6 is 0 Å². The van der Waals surface area contributed by atoms with Gasteiger partial charge in [-0.25, -0.2) is 4.79 Å². The minimum Gasteiger partial charge on any atom is -0.430 e. The summed E-state index contributed by atoms with van der Waals surface area (Å²) in [7, 11) is 0. The number of carbonyl (C=O) groups is 1. The lowest BCUT2D eigenvalue weighted by Crippen LogP contribution is -2.24. The molecule has 0 amide bonds. The van der Waals surface area contributed by atoms with Crippen molar-refractivity contribution in [2.45, 2.75) is 33.0 Å². The van der Waals surface area contributed by atoms with Gasteiger partial charge in [-0.15, -0.1) is 0 Å². The fourth-order valence-corrected chi connectivity index (χ4v) is 0.899. The molecule has 0 N–H and O–H groups in total. The Morgan fingerprint density at radius 2 is 2.23 bits per heavy atom. The molecule has 1 rings (SSSR count). The zero-order valence-electron chi connectivity index (χ0n) is 8.28. The van der Waals surface area contributed by atoms with Crippen molar-refractivity contribution in [3.8, 4) is 0 Å². The molecule has 0 spiro atoms. The standard InChI is InChI=1S/C9H16O4/c1-6(2)7(3)11-4-8-5-12-9(10)13-8/h6-8H,4-5H2,1-3H3. The summed E-state index contributed by atoms with van der Waals surface area (Å²) < 4.78 is 14.9. The molecule has 1 saturated heterocycles. The van der Waals surface area contributed by atoms with Crippen LogP contribution in [0, 0.1) is 5.92 Å². The number of ether oxygens (including phenoxy) is 3. The van der Waals surface area contributed by atoms with Crippen LogP contribution < -0.4 is 0 Å². The van der Waals surface area contributed by atoms with Crippen molar-refractivity contribution in [1.82, 2.24) is 0 Å². The van der Waals surface area contributed by atoms with Crippen molar-refractivity contribution in [3.05, 3.63) is 0 Å². The van der Waals surface area contributed by atoms with Crippen LogP contribution in [0.5, 0.6) is 0 Å². The molecule has 1 fully saturated rings. The van der Waals surface area contributed by atoms with E-state index in [0.717, 1.165) is 0 Å². The van der Waals surface area contributed by atoms with Crippen molar-refractivity contribution < 1.29 is 19.0 Å². The van der Waals surface area contributed by atoms with Crippen LogP contribution in [-0.2, 0) is 14.2 Å². The van der Waals surface area contributed by atoms with Crippen LogP contribution in [0.4, 0.5) is 4.79 Å². The minimum absolute atomic E-state index is 0.180. The SMILES string of the molecule is CC(C)C(C)OCC1COC(=O)O1.